The van der Waals surface area contributed by atoms with Crippen molar-refractivity contribution >= 4 is 11.9 Å². The third-order valence-corrected chi connectivity index (χ3v) is 5.49. The second-order valence-corrected chi connectivity index (χ2v) is 9.00. The molecule has 3 fully saturated rings. The van der Waals surface area contributed by atoms with Gasteiger partial charge in [-0.25, -0.2) is 0 Å². The fourth-order valence-corrected chi connectivity index (χ4v) is 4.11. The van der Waals surface area contributed by atoms with Crippen LogP contribution in [0.2, 0.25) is 0 Å². The molecule has 3 aliphatic heterocycles. The van der Waals surface area contributed by atoms with Gasteiger partial charge in [0.25, 0.3) is 0 Å². The van der Waals surface area contributed by atoms with E-state index < -0.39 is 54.0 Å². The van der Waals surface area contributed by atoms with E-state index in [1.165, 1.54) is 0 Å². The fraction of sp³-hybridized carbons (Fsp3) is 0.826. The average molecular weight is 473 g/mol. The Kier molecular flexibility index (Phi) is 8.52. The number of fused-ring (bicyclic) bond motifs is 1. The average Bonchev–Trinajstić information content (AvgIpc) is 3.34. The molecule has 0 amide bonds. The number of hydrogen-bond acceptors (Lipinski definition) is 10. The van der Waals surface area contributed by atoms with Crippen LogP contribution in [0, 0.1) is 5.92 Å². The number of allylic oxidation sites excluding steroid dienone is 1. The number of esters is 2. The first-order valence-corrected chi connectivity index (χ1v) is 11.5. The van der Waals surface area contributed by atoms with E-state index in [1.807, 2.05) is 27.7 Å². The molecule has 0 spiro atoms. The van der Waals surface area contributed by atoms with E-state index >= 15 is 0 Å². The molecule has 3 aliphatic rings. The van der Waals surface area contributed by atoms with Crippen LogP contribution in [0.5, 0.6) is 0 Å². The van der Waals surface area contributed by atoms with E-state index in [0.717, 1.165) is 0 Å². The maximum absolute atomic E-state index is 12.1. The van der Waals surface area contributed by atoms with Crippen molar-refractivity contribution in [1.82, 2.24) is 0 Å². The van der Waals surface area contributed by atoms with Gasteiger partial charge in [-0.05, 0) is 48.0 Å². The molecule has 5 atom stereocenters. The molecule has 0 N–H and O–H groups in total. The van der Waals surface area contributed by atoms with Gasteiger partial charge in [0.1, 0.15) is 24.4 Å². The zero-order valence-corrected chi connectivity index (χ0v) is 20.2. The van der Waals surface area contributed by atoms with Crippen LogP contribution in [0.15, 0.2) is 12.2 Å². The Bertz CT molecular complexity index is 700. The standard InChI is InChI=1S/C23H36O10/c1-7-26-19(24)14(20(25)27-8-2)11-9-10-12-28-17-16(15-13-29-22(3,4)31-15)30-21-18(17)32-23(5,6)33-21/h9-10,14-18,21H,7-8,11-13H2,1-6H3/b10-9+/t15-,16-,17+,18-,21-/m1/s1. The highest BCUT2D eigenvalue weighted by Gasteiger charge is 2.58. The van der Waals surface area contributed by atoms with Crippen LogP contribution in [-0.2, 0) is 47.5 Å². The van der Waals surface area contributed by atoms with Crippen molar-refractivity contribution in [2.75, 3.05) is 26.4 Å². The van der Waals surface area contributed by atoms with Crippen LogP contribution >= 0.6 is 0 Å². The highest BCUT2D eigenvalue weighted by Crippen LogP contribution is 2.41. The van der Waals surface area contributed by atoms with Gasteiger partial charge in [-0.1, -0.05) is 12.2 Å². The largest absolute Gasteiger partial charge is 0.465 e. The van der Waals surface area contributed by atoms with Crippen molar-refractivity contribution in [2.45, 2.75) is 90.2 Å². The Morgan fingerprint density at radius 2 is 1.61 bits per heavy atom. The molecule has 3 rings (SSSR count). The lowest BCUT2D eigenvalue weighted by molar-refractivity contribution is -0.235. The predicted molar refractivity (Wildman–Crippen MR) is 114 cm³/mol. The topological polar surface area (TPSA) is 108 Å². The van der Waals surface area contributed by atoms with Crippen LogP contribution in [0.3, 0.4) is 0 Å². The highest BCUT2D eigenvalue weighted by molar-refractivity contribution is 5.95. The quantitative estimate of drug-likeness (QED) is 0.266. The third-order valence-electron chi connectivity index (χ3n) is 5.49. The monoisotopic (exact) mass is 472 g/mol. The Labute approximate surface area is 194 Å². The molecular formula is C23H36O10. The lowest BCUT2D eigenvalue weighted by Crippen LogP contribution is -2.44. The van der Waals surface area contributed by atoms with E-state index in [9.17, 15) is 9.59 Å². The first kappa shape index (κ1) is 26.1. The van der Waals surface area contributed by atoms with Gasteiger partial charge in [-0.3, -0.25) is 9.59 Å². The third kappa shape index (κ3) is 6.52. The number of carbonyl (C=O) groups excluding carboxylic acids is 2. The predicted octanol–water partition coefficient (Wildman–Crippen LogP) is 2.09. The highest BCUT2D eigenvalue weighted by atomic mass is 16.8. The molecule has 3 saturated heterocycles. The van der Waals surface area contributed by atoms with Gasteiger partial charge in [0.05, 0.1) is 26.4 Å². The smallest absolute Gasteiger partial charge is 0.320 e. The van der Waals surface area contributed by atoms with Crippen molar-refractivity contribution < 1.29 is 47.5 Å². The van der Waals surface area contributed by atoms with Crippen LogP contribution in [-0.4, -0.2) is 80.6 Å². The summed E-state index contributed by atoms with van der Waals surface area (Å²) in [6.07, 6.45) is 1.40. The first-order valence-electron chi connectivity index (χ1n) is 11.5. The van der Waals surface area contributed by atoms with Gasteiger partial charge in [-0.2, -0.15) is 0 Å². The normalized spacial score (nSPS) is 32.4. The summed E-state index contributed by atoms with van der Waals surface area (Å²) in [7, 11) is 0. The van der Waals surface area contributed by atoms with E-state index in [1.54, 1.807) is 26.0 Å². The molecule has 0 aromatic rings. The second-order valence-electron chi connectivity index (χ2n) is 9.00. The van der Waals surface area contributed by atoms with Crippen molar-refractivity contribution in [2.24, 2.45) is 5.92 Å². The van der Waals surface area contributed by atoms with E-state index in [2.05, 4.69) is 0 Å². The van der Waals surface area contributed by atoms with Crippen molar-refractivity contribution in [1.29, 1.82) is 0 Å². The molecule has 0 saturated carbocycles. The van der Waals surface area contributed by atoms with Crippen LogP contribution < -0.4 is 0 Å². The molecule has 188 valence electrons. The molecule has 10 nitrogen and oxygen atoms in total. The minimum absolute atomic E-state index is 0.151. The first-order chi connectivity index (χ1) is 15.6. The molecule has 10 heteroatoms. The molecule has 0 aliphatic carbocycles. The van der Waals surface area contributed by atoms with Gasteiger partial charge in [0, 0.05) is 0 Å². The van der Waals surface area contributed by atoms with Gasteiger partial charge in [-0.15, -0.1) is 0 Å². The molecule has 0 aromatic heterocycles. The number of ether oxygens (including phenoxy) is 8. The summed E-state index contributed by atoms with van der Waals surface area (Å²) in [6.45, 7) is 11.7. The number of hydrogen-bond donors (Lipinski definition) is 0. The van der Waals surface area contributed by atoms with Crippen molar-refractivity contribution in [3.63, 3.8) is 0 Å². The van der Waals surface area contributed by atoms with Crippen LogP contribution in [0.4, 0.5) is 0 Å². The van der Waals surface area contributed by atoms with Gasteiger partial charge < -0.3 is 37.9 Å². The van der Waals surface area contributed by atoms with Crippen LogP contribution in [0.25, 0.3) is 0 Å². The molecular weight excluding hydrogens is 436 g/mol. The summed E-state index contributed by atoms with van der Waals surface area (Å²) >= 11 is 0. The van der Waals surface area contributed by atoms with E-state index in [-0.39, 0.29) is 32.3 Å². The second kappa shape index (κ2) is 10.8. The van der Waals surface area contributed by atoms with E-state index in [0.29, 0.717) is 6.61 Å². The summed E-state index contributed by atoms with van der Waals surface area (Å²) in [6, 6.07) is 0. The van der Waals surface area contributed by atoms with Gasteiger partial charge in [0.2, 0.25) is 0 Å². The van der Waals surface area contributed by atoms with Crippen molar-refractivity contribution in [3.05, 3.63) is 12.2 Å². The SMILES string of the molecule is CCOC(=O)C(C/C=C/CO[C@@H]1[C@H]2OC(C)(C)O[C@H]2O[C@@H]1[C@H]1COC(C)(C)O1)C(=O)OCC. The summed E-state index contributed by atoms with van der Waals surface area (Å²) < 4.78 is 45.7. The lowest BCUT2D eigenvalue weighted by Gasteiger charge is -2.28. The molecule has 3 heterocycles. The van der Waals surface area contributed by atoms with Crippen molar-refractivity contribution in [3.8, 4) is 0 Å². The summed E-state index contributed by atoms with van der Waals surface area (Å²) in [4.78, 5) is 24.2. The zero-order chi connectivity index (χ0) is 24.2. The maximum Gasteiger partial charge on any atom is 0.320 e. The molecule has 0 bridgehead atoms. The van der Waals surface area contributed by atoms with Gasteiger partial charge in [0.15, 0.2) is 23.8 Å². The Morgan fingerprint density at radius 1 is 0.939 bits per heavy atom. The number of carbonyl (C=O) groups is 2. The summed E-state index contributed by atoms with van der Waals surface area (Å²) in [5.41, 5.74) is 0. The molecule has 33 heavy (non-hydrogen) atoms. The molecule has 0 radical (unpaired) electrons. The van der Waals surface area contributed by atoms with Gasteiger partial charge >= 0.3 is 11.9 Å². The lowest BCUT2D eigenvalue weighted by atomic mass is 10.1. The maximum atomic E-state index is 12.1. The summed E-state index contributed by atoms with van der Waals surface area (Å²) in [5.74, 6) is -3.70. The summed E-state index contributed by atoms with van der Waals surface area (Å²) in [5, 5.41) is 0. The Morgan fingerprint density at radius 3 is 2.18 bits per heavy atom. The zero-order valence-electron chi connectivity index (χ0n) is 20.2. The fourth-order valence-electron chi connectivity index (χ4n) is 4.11. The minimum Gasteiger partial charge on any atom is -0.465 e. The Balaban J connectivity index is 1.60. The van der Waals surface area contributed by atoms with Crippen LogP contribution in [0.1, 0.15) is 48.0 Å². The Hall–Kier alpha value is -1.56. The van der Waals surface area contributed by atoms with E-state index in [4.69, 9.17) is 37.9 Å². The minimum atomic E-state index is -1.01. The number of rotatable bonds is 10. The molecule has 0 aromatic carbocycles. The molecule has 0 unspecified atom stereocenters.